The predicted molar refractivity (Wildman–Crippen MR) is 92.7 cm³/mol. The molecule has 0 radical (unpaired) electrons. The van der Waals surface area contributed by atoms with Crippen LogP contribution in [0.4, 0.5) is 0 Å². The zero-order valence-corrected chi connectivity index (χ0v) is 14.6. The molecule has 1 N–H and O–H groups in total. The van der Waals surface area contributed by atoms with E-state index in [1.807, 2.05) is 47.8 Å². The van der Waals surface area contributed by atoms with Crippen molar-refractivity contribution in [2.45, 2.75) is 13.0 Å². The van der Waals surface area contributed by atoms with Gasteiger partial charge in [0.1, 0.15) is 0 Å². The molecule has 1 heterocycles. The second-order valence-electron chi connectivity index (χ2n) is 5.19. The molecule has 0 fully saturated rings. The Hall–Kier alpha value is -1.70. The van der Waals surface area contributed by atoms with E-state index in [1.165, 1.54) is 21.9 Å². The molecule has 0 aliphatic carbocycles. The molecule has 5 nitrogen and oxygen atoms in total. The lowest BCUT2D eigenvalue weighted by atomic mass is 10.2. The van der Waals surface area contributed by atoms with Crippen LogP contribution in [0.2, 0.25) is 0 Å². The molecule has 0 bridgehead atoms. The number of carbonyl (C=O) groups is 1. The molecule has 0 saturated carbocycles. The lowest BCUT2D eigenvalue weighted by Crippen LogP contribution is -2.38. The Bertz CT molecular complexity index is 713. The first-order chi connectivity index (χ1) is 10.9. The van der Waals surface area contributed by atoms with Crippen LogP contribution in [0.15, 0.2) is 47.8 Å². The van der Waals surface area contributed by atoms with Crippen molar-refractivity contribution in [1.82, 2.24) is 9.62 Å². The molecule has 0 spiro atoms. The van der Waals surface area contributed by atoms with Crippen molar-refractivity contribution in [2.24, 2.45) is 0 Å². The van der Waals surface area contributed by atoms with Gasteiger partial charge in [-0.1, -0.05) is 36.4 Å². The van der Waals surface area contributed by atoms with Crippen molar-refractivity contribution in [3.05, 3.63) is 58.3 Å². The second kappa shape index (κ2) is 8.24. The molecule has 0 unspecified atom stereocenters. The molecule has 0 aliphatic rings. The SMILES string of the molecule is CS(=O)(=O)N(CCNC(=O)Cc1cccs1)Cc1ccccc1. The lowest BCUT2D eigenvalue weighted by molar-refractivity contribution is -0.120. The number of nitrogens with zero attached hydrogens (tertiary/aromatic N) is 1. The Labute approximate surface area is 141 Å². The van der Waals surface area contributed by atoms with E-state index in [0.29, 0.717) is 19.5 Å². The number of hydrogen-bond donors (Lipinski definition) is 1. The summed E-state index contributed by atoms with van der Waals surface area (Å²) in [5.74, 6) is -0.0967. The molecule has 0 saturated heterocycles. The molecule has 2 rings (SSSR count). The minimum Gasteiger partial charge on any atom is -0.354 e. The van der Waals surface area contributed by atoms with Crippen LogP contribution in [-0.4, -0.2) is 38.0 Å². The molecular weight excluding hydrogens is 332 g/mol. The highest BCUT2D eigenvalue weighted by Crippen LogP contribution is 2.09. The Balaban J connectivity index is 1.85. The standard InChI is InChI=1S/C16H20N2O3S2/c1-23(20,21)18(13-14-6-3-2-4-7-14)10-9-17-16(19)12-15-8-5-11-22-15/h2-8,11H,9-10,12-13H2,1H3,(H,17,19). The average molecular weight is 352 g/mol. The zero-order chi connectivity index (χ0) is 16.7. The van der Waals surface area contributed by atoms with Gasteiger partial charge < -0.3 is 5.32 Å². The van der Waals surface area contributed by atoms with Crippen LogP contribution in [-0.2, 0) is 27.8 Å². The van der Waals surface area contributed by atoms with Crippen LogP contribution in [0.25, 0.3) is 0 Å². The third-order valence-corrected chi connectivity index (χ3v) is 5.40. The number of thiophene rings is 1. The Morgan fingerprint density at radius 3 is 2.52 bits per heavy atom. The zero-order valence-electron chi connectivity index (χ0n) is 12.9. The normalized spacial score (nSPS) is 11.6. The van der Waals surface area contributed by atoms with Gasteiger partial charge >= 0.3 is 0 Å². The fraction of sp³-hybridized carbons (Fsp3) is 0.312. The third kappa shape index (κ3) is 6.13. The second-order valence-corrected chi connectivity index (χ2v) is 8.20. The highest BCUT2D eigenvalue weighted by atomic mass is 32.2. The Kier molecular flexibility index (Phi) is 6.32. The fourth-order valence-corrected chi connectivity index (χ4v) is 3.61. The molecule has 1 aromatic carbocycles. The minimum absolute atomic E-state index is 0.0967. The van der Waals surface area contributed by atoms with E-state index in [1.54, 1.807) is 0 Å². The molecule has 0 aliphatic heterocycles. The topological polar surface area (TPSA) is 66.5 Å². The van der Waals surface area contributed by atoms with Crippen molar-refractivity contribution in [1.29, 1.82) is 0 Å². The minimum atomic E-state index is -3.33. The van der Waals surface area contributed by atoms with Crippen molar-refractivity contribution in [2.75, 3.05) is 19.3 Å². The van der Waals surface area contributed by atoms with Gasteiger partial charge in [0.25, 0.3) is 0 Å². The predicted octanol–water partition coefficient (Wildman–Crippen LogP) is 1.87. The summed E-state index contributed by atoms with van der Waals surface area (Å²) in [5.41, 5.74) is 0.919. The van der Waals surface area contributed by atoms with Crippen molar-refractivity contribution in [3.8, 4) is 0 Å². The van der Waals surface area contributed by atoms with Crippen LogP contribution < -0.4 is 5.32 Å². The first-order valence-corrected chi connectivity index (χ1v) is 9.96. The van der Waals surface area contributed by atoms with Crippen LogP contribution in [0.3, 0.4) is 0 Å². The van der Waals surface area contributed by atoms with Gasteiger partial charge in [-0.25, -0.2) is 8.42 Å². The fourth-order valence-electron chi connectivity index (χ4n) is 2.10. The van der Waals surface area contributed by atoms with E-state index >= 15 is 0 Å². The molecule has 1 aromatic heterocycles. The summed E-state index contributed by atoms with van der Waals surface area (Å²) in [5, 5.41) is 4.70. The summed E-state index contributed by atoms with van der Waals surface area (Å²) < 4.78 is 25.1. The highest BCUT2D eigenvalue weighted by molar-refractivity contribution is 7.88. The van der Waals surface area contributed by atoms with Crippen LogP contribution in [0.5, 0.6) is 0 Å². The third-order valence-electron chi connectivity index (χ3n) is 3.27. The quantitative estimate of drug-likeness (QED) is 0.789. The molecule has 1 amide bonds. The summed E-state index contributed by atoms with van der Waals surface area (Å²) in [6, 6.07) is 13.2. The van der Waals surface area contributed by atoms with Gasteiger partial charge in [-0.15, -0.1) is 11.3 Å². The highest BCUT2D eigenvalue weighted by Gasteiger charge is 2.17. The number of amides is 1. The van der Waals surface area contributed by atoms with Crippen LogP contribution in [0, 0.1) is 0 Å². The molecule has 23 heavy (non-hydrogen) atoms. The largest absolute Gasteiger partial charge is 0.354 e. The van der Waals surface area contributed by atoms with E-state index in [9.17, 15) is 13.2 Å². The van der Waals surface area contributed by atoms with Crippen molar-refractivity contribution in [3.63, 3.8) is 0 Å². The Morgan fingerprint density at radius 2 is 1.91 bits per heavy atom. The van der Waals surface area contributed by atoms with Crippen molar-refractivity contribution < 1.29 is 13.2 Å². The van der Waals surface area contributed by atoms with Gasteiger partial charge in [0.15, 0.2) is 0 Å². The molecule has 0 atom stereocenters. The van der Waals surface area contributed by atoms with Gasteiger partial charge in [0.2, 0.25) is 15.9 Å². The smallest absolute Gasteiger partial charge is 0.225 e. The van der Waals surface area contributed by atoms with Gasteiger partial charge in [-0.2, -0.15) is 4.31 Å². The maximum Gasteiger partial charge on any atom is 0.225 e. The van der Waals surface area contributed by atoms with Gasteiger partial charge in [-0.3, -0.25) is 4.79 Å². The molecule has 7 heteroatoms. The lowest BCUT2D eigenvalue weighted by Gasteiger charge is -2.20. The van der Waals surface area contributed by atoms with Gasteiger partial charge in [0, 0.05) is 24.5 Å². The monoisotopic (exact) mass is 352 g/mol. The van der Waals surface area contributed by atoms with E-state index in [0.717, 1.165) is 10.4 Å². The van der Waals surface area contributed by atoms with Gasteiger partial charge in [0.05, 0.1) is 12.7 Å². The number of nitrogens with one attached hydrogen (secondary N) is 1. The maximum atomic E-state index is 11.9. The van der Waals surface area contributed by atoms with Crippen molar-refractivity contribution >= 4 is 27.3 Å². The molecule has 2 aromatic rings. The summed E-state index contributed by atoms with van der Waals surface area (Å²) in [6.07, 6.45) is 1.51. The first-order valence-electron chi connectivity index (χ1n) is 7.23. The summed E-state index contributed by atoms with van der Waals surface area (Å²) in [4.78, 5) is 12.8. The van der Waals surface area contributed by atoms with Gasteiger partial charge in [-0.05, 0) is 17.0 Å². The summed E-state index contributed by atoms with van der Waals surface area (Å²) >= 11 is 1.53. The van der Waals surface area contributed by atoms with E-state index < -0.39 is 10.0 Å². The number of carbonyl (C=O) groups excluding carboxylic acids is 1. The molecular formula is C16H20N2O3S2. The van der Waals surface area contributed by atoms with E-state index in [2.05, 4.69) is 5.32 Å². The van der Waals surface area contributed by atoms with E-state index in [4.69, 9.17) is 0 Å². The number of hydrogen-bond acceptors (Lipinski definition) is 4. The number of sulfonamides is 1. The summed E-state index contributed by atoms with van der Waals surface area (Å²) in [7, 11) is -3.33. The van der Waals surface area contributed by atoms with Crippen LogP contribution in [0.1, 0.15) is 10.4 Å². The Morgan fingerprint density at radius 1 is 1.17 bits per heavy atom. The summed E-state index contributed by atoms with van der Waals surface area (Å²) in [6.45, 7) is 0.856. The number of benzene rings is 1. The number of rotatable bonds is 8. The molecule has 124 valence electrons. The van der Waals surface area contributed by atoms with E-state index in [-0.39, 0.29) is 12.5 Å². The maximum absolute atomic E-state index is 11.9. The average Bonchev–Trinajstić information content (AvgIpc) is 2.99. The first kappa shape index (κ1) is 17.7. The van der Waals surface area contributed by atoms with Crippen LogP contribution >= 0.6 is 11.3 Å².